The largest absolute Gasteiger partial charge is 0.368 e. The Balaban J connectivity index is 1.67. The number of benzene rings is 1. The molecular weight excluding hydrogens is 322 g/mol. The highest BCUT2D eigenvalue weighted by Crippen LogP contribution is 2.25. The number of nitrogens with two attached hydrogens (primary N) is 1. The Hall–Kier alpha value is -2.14. The minimum atomic E-state index is 0.333. The van der Waals surface area contributed by atoms with Crippen molar-refractivity contribution in [3.63, 3.8) is 0 Å². The van der Waals surface area contributed by atoms with Crippen molar-refractivity contribution in [3.05, 3.63) is 47.2 Å². The molecule has 2 heterocycles. The number of nitrogens with zero attached hydrogens (tertiary/aromatic N) is 2. The molecule has 1 saturated heterocycles. The van der Waals surface area contributed by atoms with Crippen molar-refractivity contribution in [2.45, 2.75) is 57.9 Å². The van der Waals surface area contributed by atoms with Crippen LogP contribution in [-0.4, -0.2) is 29.1 Å². The summed E-state index contributed by atoms with van der Waals surface area (Å²) >= 11 is 0. The summed E-state index contributed by atoms with van der Waals surface area (Å²) in [5.74, 6) is 1.84. The fraction of sp³-hybridized carbons (Fsp3) is 0.524. The molecule has 1 aromatic carbocycles. The Morgan fingerprint density at radius 3 is 2.62 bits per heavy atom. The first-order valence-corrected chi connectivity index (χ1v) is 9.83. The van der Waals surface area contributed by atoms with Gasteiger partial charge in [-0.15, -0.1) is 0 Å². The SMILES string of the molecule is CCCC(C)Nc1cc(Cc2ccc(C3CCNCC3)cc2)nc(N)n1. The molecule has 5 nitrogen and oxygen atoms in total. The summed E-state index contributed by atoms with van der Waals surface area (Å²) in [6, 6.07) is 11.4. The van der Waals surface area contributed by atoms with Crippen LogP contribution < -0.4 is 16.4 Å². The van der Waals surface area contributed by atoms with Crippen molar-refractivity contribution >= 4 is 11.8 Å². The number of hydrogen-bond acceptors (Lipinski definition) is 5. The maximum Gasteiger partial charge on any atom is 0.222 e. The van der Waals surface area contributed by atoms with Gasteiger partial charge in [-0.25, -0.2) is 4.98 Å². The predicted molar refractivity (Wildman–Crippen MR) is 109 cm³/mol. The van der Waals surface area contributed by atoms with E-state index in [1.54, 1.807) is 0 Å². The average molecular weight is 354 g/mol. The lowest BCUT2D eigenvalue weighted by Crippen LogP contribution is -2.26. The molecule has 1 unspecified atom stereocenters. The summed E-state index contributed by atoms with van der Waals surface area (Å²) in [5.41, 5.74) is 9.58. The Labute approximate surface area is 156 Å². The van der Waals surface area contributed by atoms with Crippen molar-refractivity contribution in [1.82, 2.24) is 15.3 Å². The Morgan fingerprint density at radius 2 is 1.92 bits per heavy atom. The van der Waals surface area contributed by atoms with Gasteiger partial charge in [0.1, 0.15) is 5.82 Å². The molecule has 0 spiro atoms. The fourth-order valence-corrected chi connectivity index (χ4v) is 3.71. The van der Waals surface area contributed by atoms with Gasteiger partial charge in [-0.2, -0.15) is 4.98 Å². The van der Waals surface area contributed by atoms with Crippen molar-refractivity contribution in [3.8, 4) is 0 Å². The molecule has 1 aliphatic heterocycles. The van der Waals surface area contributed by atoms with Crippen LogP contribution in [0.3, 0.4) is 0 Å². The highest BCUT2D eigenvalue weighted by Gasteiger charge is 2.15. The van der Waals surface area contributed by atoms with Crippen LogP contribution in [0.4, 0.5) is 11.8 Å². The maximum atomic E-state index is 5.92. The quantitative estimate of drug-likeness (QED) is 0.707. The van der Waals surface area contributed by atoms with E-state index >= 15 is 0 Å². The molecule has 0 saturated carbocycles. The number of nitrogens with one attached hydrogen (secondary N) is 2. The lowest BCUT2D eigenvalue weighted by atomic mass is 9.89. The topological polar surface area (TPSA) is 75.9 Å². The van der Waals surface area contributed by atoms with Gasteiger partial charge in [0, 0.05) is 18.5 Å². The summed E-state index contributed by atoms with van der Waals surface area (Å²) < 4.78 is 0. The number of rotatable bonds is 7. The molecule has 26 heavy (non-hydrogen) atoms. The zero-order valence-electron chi connectivity index (χ0n) is 16.0. The van der Waals surface area contributed by atoms with Crippen LogP contribution in [0.5, 0.6) is 0 Å². The van der Waals surface area contributed by atoms with E-state index in [9.17, 15) is 0 Å². The van der Waals surface area contributed by atoms with Gasteiger partial charge in [0.05, 0.1) is 5.69 Å². The third-order valence-electron chi connectivity index (χ3n) is 5.09. The van der Waals surface area contributed by atoms with Crippen LogP contribution in [0.15, 0.2) is 30.3 Å². The van der Waals surface area contributed by atoms with Gasteiger partial charge < -0.3 is 16.4 Å². The summed E-state index contributed by atoms with van der Waals surface area (Å²) in [6.07, 6.45) is 5.48. The molecule has 0 bridgehead atoms. The smallest absolute Gasteiger partial charge is 0.222 e. The van der Waals surface area contributed by atoms with Crippen molar-refractivity contribution in [2.75, 3.05) is 24.1 Å². The Kier molecular flexibility index (Phi) is 6.45. The van der Waals surface area contributed by atoms with E-state index in [-0.39, 0.29) is 0 Å². The maximum absolute atomic E-state index is 5.92. The van der Waals surface area contributed by atoms with Crippen molar-refractivity contribution < 1.29 is 0 Å². The molecule has 1 atom stereocenters. The highest BCUT2D eigenvalue weighted by atomic mass is 15.1. The number of aromatic nitrogens is 2. The van der Waals surface area contributed by atoms with Gasteiger partial charge in [-0.05, 0) is 56.3 Å². The molecule has 5 heteroatoms. The monoisotopic (exact) mass is 353 g/mol. The van der Waals surface area contributed by atoms with Gasteiger partial charge in [-0.1, -0.05) is 37.6 Å². The van der Waals surface area contributed by atoms with Crippen LogP contribution in [0.25, 0.3) is 0 Å². The molecule has 2 aromatic rings. The summed E-state index contributed by atoms with van der Waals surface area (Å²) in [5, 5.41) is 6.85. The number of nitrogen functional groups attached to an aromatic ring is 1. The normalized spacial score (nSPS) is 16.4. The van der Waals surface area contributed by atoms with Gasteiger partial charge in [-0.3, -0.25) is 0 Å². The first-order chi connectivity index (χ1) is 12.6. The molecule has 0 radical (unpaired) electrons. The van der Waals surface area contributed by atoms with Crippen LogP contribution in [0.1, 0.15) is 62.3 Å². The van der Waals surface area contributed by atoms with Crippen LogP contribution in [0, 0.1) is 0 Å². The Bertz CT molecular complexity index is 692. The van der Waals surface area contributed by atoms with Crippen LogP contribution in [-0.2, 0) is 6.42 Å². The van der Waals surface area contributed by atoms with Gasteiger partial charge in [0.25, 0.3) is 0 Å². The molecule has 1 aliphatic rings. The van der Waals surface area contributed by atoms with E-state index in [0.717, 1.165) is 43.9 Å². The second-order valence-corrected chi connectivity index (χ2v) is 7.38. The molecule has 1 aromatic heterocycles. The summed E-state index contributed by atoms with van der Waals surface area (Å²) in [6.45, 7) is 6.60. The molecular formula is C21H31N5. The minimum Gasteiger partial charge on any atom is -0.368 e. The predicted octanol–water partition coefficient (Wildman–Crippen LogP) is 3.72. The van der Waals surface area contributed by atoms with Gasteiger partial charge in [0.15, 0.2) is 0 Å². The Morgan fingerprint density at radius 1 is 1.19 bits per heavy atom. The molecule has 140 valence electrons. The minimum absolute atomic E-state index is 0.333. The van der Waals surface area contributed by atoms with E-state index in [1.807, 2.05) is 6.07 Å². The second kappa shape index (κ2) is 8.99. The highest BCUT2D eigenvalue weighted by molar-refractivity contribution is 5.42. The first-order valence-electron chi connectivity index (χ1n) is 9.83. The number of piperidine rings is 1. The zero-order valence-corrected chi connectivity index (χ0v) is 16.0. The summed E-state index contributed by atoms with van der Waals surface area (Å²) in [4.78, 5) is 8.74. The molecule has 4 N–H and O–H groups in total. The second-order valence-electron chi connectivity index (χ2n) is 7.38. The number of hydrogen-bond donors (Lipinski definition) is 3. The van der Waals surface area contributed by atoms with Crippen LogP contribution in [0.2, 0.25) is 0 Å². The standard InChI is InChI=1S/C21H31N5/c1-3-4-15(2)24-20-14-19(25-21(22)26-20)13-16-5-7-17(8-6-16)18-9-11-23-12-10-18/h5-8,14-15,18,23H,3-4,9-13H2,1-2H3,(H3,22,24,25,26). The average Bonchev–Trinajstić information content (AvgIpc) is 2.63. The van der Waals surface area contributed by atoms with E-state index < -0.39 is 0 Å². The van der Waals surface area contributed by atoms with Crippen LogP contribution >= 0.6 is 0 Å². The summed E-state index contributed by atoms with van der Waals surface area (Å²) in [7, 11) is 0. The van der Waals surface area contributed by atoms with E-state index in [2.05, 4.69) is 58.7 Å². The molecule has 1 fully saturated rings. The zero-order chi connectivity index (χ0) is 18.4. The van der Waals surface area contributed by atoms with E-state index in [0.29, 0.717) is 17.9 Å². The molecule has 3 rings (SSSR count). The number of anilines is 2. The first kappa shape index (κ1) is 18.6. The lowest BCUT2D eigenvalue weighted by molar-refractivity contribution is 0.460. The fourth-order valence-electron chi connectivity index (χ4n) is 3.71. The van der Waals surface area contributed by atoms with Gasteiger partial charge >= 0.3 is 0 Å². The van der Waals surface area contributed by atoms with E-state index in [4.69, 9.17) is 5.73 Å². The third kappa shape index (κ3) is 5.18. The van der Waals surface area contributed by atoms with Crippen molar-refractivity contribution in [1.29, 1.82) is 0 Å². The van der Waals surface area contributed by atoms with Crippen molar-refractivity contribution in [2.24, 2.45) is 0 Å². The van der Waals surface area contributed by atoms with Gasteiger partial charge in [0.2, 0.25) is 5.95 Å². The molecule has 0 aliphatic carbocycles. The third-order valence-corrected chi connectivity index (χ3v) is 5.09. The van der Waals surface area contributed by atoms with E-state index in [1.165, 1.54) is 24.0 Å². The molecule has 0 amide bonds. The lowest BCUT2D eigenvalue weighted by Gasteiger charge is -2.23.